The van der Waals surface area contributed by atoms with Gasteiger partial charge in [-0.1, -0.05) is 19.8 Å². The van der Waals surface area contributed by atoms with Crippen LogP contribution >= 0.6 is 11.8 Å². The zero-order chi connectivity index (χ0) is 8.53. The van der Waals surface area contributed by atoms with E-state index in [1.54, 1.807) is 0 Å². The van der Waals surface area contributed by atoms with E-state index in [9.17, 15) is 0 Å². The van der Waals surface area contributed by atoms with Gasteiger partial charge in [-0.25, -0.2) is 0 Å². The molecular formula is C9H17NS. The van der Waals surface area contributed by atoms with Gasteiger partial charge < -0.3 is 5.32 Å². The molecule has 0 aliphatic rings. The minimum atomic E-state index is 0.264. The smallest absolute Gasteiger partial charge is 0.0778 e. The van der Waals surface area contributed by atoms with Crippen LogP contribution in [0.4, 0.5) is 0 Å². The maximum Gasteiger partial charge on any atom is 0.0778 e. The molecule has 0 aliphatic carbocycles. The lowest BCUT2D eigenvalue weighted by molar-refractivity contribution is 0.643. The SMILES string of the molecule is C#CC(CSCC)NCCC. The van der Waals surface area contributed by atoms with Crippen molar-refractivity contribution >= 4 is 11.8 Å². The molecule has 1 unspecified atom stereocenters. The van der Waals surface area contributed by atoms with Crippen LogP contribution in [0.5, 0.6) is 0 Å². The van der Waals surface area contributed by atoms with Crippen LogP contribution in [0.15, 0.2) is 0 Å². The lowest BCUT2D eigenvalue weighted by Crippen LogP contribution is -2.30. The van der Waals surface area contributed by atoms with Gasteiger partial charge in [-0.3, -0.25) is 0 Å². The monoisotopic (exact) mass is 171 g/mol. The van der Waals surface area contributed by atoms with Crippen molar-refractivity contribution in [1.82, 2.24) is 5.32 Å². The number of rotatable bonds is 6. The van der Waals surface area contributed by atoms with Gasteiger partial charge in [0.25, 0.3) is 0 Å². The molecule has 0 aromatic heterocycles. The Labute approximate surface area is 74.3 Å². The summed E-state index contributed by atoms with van der Waals surface area (Å²) in [6.45, 7) is 5.32. The number of nitrogens with one attached hydrogen (secondary N) is 1. The van der Waals surface area contributed by atoms with E-state index in [1.165, 1.54) is 0 Å². The van der Waals surface area contributed by atoms with Gasteiger partial charge in [0.2, 0.25) is 0 Å². The summed E-state index contributed by atoms with van der Waals surface area (Å²) in [4.78, 5) is 0. The fourth-order valence-corrected chi connectivity index (χ4v) is 1.41. The minimum absolute atomic E-state index is 0.264. The van der Waals surface area contributed by atoms with Crippen LogP contribution in [-0.2, 0) is 0 Å². The van der Waals surface area contributed by atoms with Gasteiger partial charge in [-0.15, -0.1) is 6.42 Å². The van der Waals surface area contributed by atoms with Gasteiger partial charge in [-0.2, -0.15) is 11.8 Å². The lowest BCUT2D eigenvalue weighted by atomic mass is 10.3. The molecule has 0 bridgehead atoms. The van der Waals surface area contributed by atoms with E-state index in [0.29, 0.717) is 0 Å². The van der Waals surface area contributed by atoms with Crippen molar-refractivity contribution < 1.29 is 0 Å². The summed E-state index contributed by atoms with van der Waals surface area (Å²) < 4.78 is 0. The van der Waals surface area contributed by atoms with E-state index in [1.807, 2.05) is 11.8 Å². The van der Waals surface area contributed by atoms with E-state index >= 15 is 0 Å². The summed E-state index contributed by atoms with van der Waals surface area (Å²) >= 11 is 1.89. The molecule has 1 N–H and O–H groups in total. The van der Waals surface area contributed by atoms with Crippen molar-refractivity contribution in [2.75, 3.05) is 18.1 Å². The summed E-state index contributed by atoms with van der Waals surface area (Å²) in [6.07, 6.45) is 6.48. The zero-order valence-electron chi connectivity index (χ0n) is 7.39. The molecule has 0 spiro atoms. The summed E-state index contributed by atoms with van der Waals surface area (Å²) in [5.41, 5.74) is 0. The molecular weight excluding hydrogens is 154 g/mol. The third-order valence-corrected chi connectivity index (χ3v) is 2.31. The molecule has 0 radical (unpaired) electrons. The third kappa shape index (κ3) is 6.28. The molecule has 0 aromatic rings. The van der Waals surface area contributed by atoms with Crippen LogP contribution < -0.4 is 5.32 Å². The Bertz CT molecular complexity index is 109. The predicted octanol–water partition coefficient (Wildman–Crippen LogP) is 1.74. The molecule has 0 heterocycles. The standard InChI is InChI=1S/C9H17NS/c1-4-7-10-9(5-2)8-11-6-3/h2,9-10H,4,6-8H2,1,3H3. The Hall–Kier alpha value is -0.130. The van der Waals surface area contributed by atoms with Crippen LogP contribution in [0, 0.1) is 12.3 Å². The molecule has 64 valence electrons. The van der Waals surface area contributed by atoms with Crippen molar-refractivity contribution in [1.29, 1.82) is 0 Å². The molecule has 0 saturated heterocycles. The first-order valence-corrected chi connectivity index (χ1v) is 5.27. The minimum Gasteiger partial charge on any atom is -0.303 e. The molecule has 1 nitrogen and oxygen atoms in total. The summed E-state index contributed by atoms with van der Waals surface area (Å²) in [7, 11) is 0. The average molecular weight is 171 g/mol. The van der Waals surface area contributed by atoms with Crippen molar-refractivity contribution in [3.63, 3.8) is 0 Å². The van der Waals surface area contributed by atoms with E-state index in [0.717, 1.165) is 24.5 Å². The quantitative estimate of drug-likeness (QED) is 0.611. The zero-order valence-corrected chi connectivity index (χ0v) is 8.21. The molecule has 0 fully saturated rings. The van der Waals surface area contributed by atoms with E-state index in [-0.39, 0.29) is 6.04 Å². The van der Waals surface area contributed by atoms with Crippen LogP contribution in [0.25, 0.3) is 0 Å². The fraction of sp³-hybridized carbons (Fsp3) is 0.778. The molecule has 1 atom stereocenters. The summed E-state index contributed by atoms with van der Waals surface area (Å²) in [6, 6.07) is 0.264. The van der Waals surface area contributed by atoms with Crippen LogP contribution in [0.1, 0.15) is 20.3 Å². The summed E-state index contributed by atoms with van der Waals surface area (Å²) in [5.74, 6) is 4.92. The number of terminal acetylenes is 1. The van der Waals surface area contributed by atoms with Crippen molar-refractivity contribution in [3.8, 4) is 12.3 Å². The highest BCUT2D eigenvalue weighted by Crippen LogP contribution is 2.00. The second-order valence-electron chi connectivity index (χ2n) is 2.33. The molecule has 0 rings (SSSR count). The second-order valence-corrected chi connectivity index (χ2v) is 3.65. The van der Waals surface area contributed by atoms with Crippen molar-refractivity contribution in [2.24, 2.45) is 0 Å². The van der Waals surface area contributed by atoms with Crippen LogP contribution in [-0.4, -0.2) is 24.1 Å². The Morgan fingerprint density at radius 2 is 2.27 bits per heavy atom. The molecule has 2 heteroatoms. The molecule has 0 aliphatic heterocycles. The van der Waals surface area contributed by atoms with Crippen molar-refractivity contribution in [2.45, 2.75) is 26.3 Å². The Balaban J connectivity index is 3.35. The first kappa shape index (κ1) is 10.9. The number of thioether (sulfide) groups is 1. The lowest BCUT2D eigenvalue weighted by Gasteiger charge is -2.10. The highest BCUT2D eigenvalue weighted by molar-refractivity contribution is 7.99. The highest BCUT2D eigenvalue weighted by atomic mass is 32.2. The van der Waals surface area contributed by atoms with Crippen molar-refractivity contribution in [3.05, 3.63) is 0 Å². The highest BCUT2D eigenvalue weighted by Gasteiger charge is 2.00. The van der Waals surface area contributed by atoms with Gasteiger partial charge in [-0.05, 0) is 18.7 Å². The maximum atomic E-state index is 5.33. The molecule has 0 amide bonds. The van der Waals surface area contributed by atoms with Crippen LogP contribution in [0.3, 0.4) is 0 Å². The predicted molar refractivity (Wildman–Crippen MR) is 53.9 cm³/mol. The maximum absolute atomic E-state index is 5.33. The van der Waals surface area contributed by atoms with Gasteiger partial charge in [0.1, 0.15) is 0 Å². The van der Waals surface area contributed by atoms with E-state index in [4.69, 9.17) is 6.42 Å². The van der Waals surface area contributed by atoms with Crippen LogP contribution in [0.2, 0.25) is 0 Å². The van der Waals surface area contributed by atoms with Gasteiger partial charge in [0.15, 0.2) is 0 Å². The first-order valence-electron chi connectivity index (χ1n) is 4.12. The molecule has 0 aromatic carbocycles. The fourth-order valence-electron chi connectivity index (χ4n) is 0.720. The average Bonchev–Trinajstić information content (AvgIpc) is 2.05. The second kappa shape index (κ2) is 7.97. The van der Waals surface area contributed by atoms with Gasteiger partial charge in [0, 0.05) is 5.75 Å². The largest absolute Gasteiger partial charge is 0.303 e. The summed E-state index contributed by atoms with van der Waals surface area (Å²) in [5, 5.41) is 3.30. The van der Waals surface area contributed by atoms with E-state index in [2.05, 4.69) is 25.1 Å². The first-order chi connectivity index (χ1) is 5.35. The third-order valence-electron chi connectivity index (χ3n) is 1.33. The number of hydrogen-bond donors (Lipinski definition) is 1. The Morgan fingerprint density at radius 1 is 1.55 bits per heavy atom. The Morgan fingerprint density at radius 3 is 2.73 bits per heavy atom. The molecule has 0 saturated carbocycles. The topological polar surface area (TPSA) is 12.0 Å². The van der Waals surface area contributed by atoms with Gasteiger partial charge >= 0.3 is 0 Å². The normalized spacial score (nSPS) is 12.5. The van der Waals surface area contributed by atoms with Gasteiger partial charge in [0.05, 0.1) is 6.04 Å². The van der Waals surface area contributed by atoms with E-state index < -0.39 is 0 Å². The molecule has 11 heavy (non-hydrogen) atoms. The number of hydrogen-bond acceptors (Lipinski definition) is 2. The Kier molecular flexibility index (Phi) is 7.88.